The zero-order chi connectivity index (χ0) is 18.6. The van der Waals surface area contributed by atoms with Gasteiger partial charge in [-0.15, -0.1) is 11.3 Å². The van der Waals surface area contributed by atoms with Crippen molar-refractivity contribution in [1.82, 2.24) is 0 Å². The Hall–Kier alpha value is -2.27. The monoisotopic (exact) mass is 398 g/mol. The van der Waals surface area contributed by atoms with E-state index in [1.54, 1.807) is 6.92 Å². The van der Waals surface area contributed by atoms with Crippen LogP contribution in [0.3, 0.4) is 0 Å². The number of halogens is 2. The number of esters is 2. The minimum atomic E-state index is -0.701. The summed E-state index contributed by atoms with van der Waals surface area (Å²) in [7, 11) is 0. The lowest BCUT2D eigenvalue weighted by atomic mass is 10.1. The Morgan fingerprint density at radius 2 is 1.84 bits per heavy atom. The zero-order valence-corrected chi connectivity index (χ0v) is 15.3. The molecule has 0 aliphatic carbocycles. The van der Waals surface area contributed by atoms with E-state index in [4.69, 9.17) is 38.4 Å². The normalized spacial score (nSPS) is 10.2. The predicted molar refractivity (Wildman–Crippen MR) is 95.0 cm³/mol. The summed E-state index contributed by atoms with van der Waals surface area (Å²) >= 11 is 12.6. The first-order chi connectivity index (χ1) is 11.9. The molecule has 0 unspecified atom stereocenters. The fraction of sp³-hybridized carbons (Fsp3) is 0.188. The third kappa shape index (κ3) is 4.42. The van der Waals surface area contributed by atoms with Crippen LogP contribution in [0.5, 0.6) is 0 Å². The Morgan fingerprint density at radius 1 is 1.20 bits per heavy atom. The first-order valence-corrected chi connectivity index (χ1v) is 8.56. The Labute approximate surface area is 157 Å². The van der Waals surface area contributed by atoms with Gasteiger partial charge in [-0.25, -0.2) is 9.59 Å². The predicted octanol–water partition coefficient (Wildman–Crippen LogP) is 4.04. The topological polar surface area (TPSA) is 102 Å². The molecule has 0 fully saturated rings. The molecule has 130 valence electrons. The van der Waals surface area contributed by atoms with Gasteiger partial charge in [0.05, 0.1) is 17.7 Å². The van der Waals surface area contributed by atoms with Gasteiger partial charge in [-0.05, 0) is 25.1 Å². The van der Waals surface area contributed by atoms with Crippen LogP contribution < -0.4 is 5.73 Å². The van der Waals surface area contributed by atoms with Gasteiger partial charge in [0, 0.05) is 15.6 Å². The van der Waals surface area contributed by atoms with Crippen molar-refractivity contribution in [2.45, 2.75) is 13.5 Å². The molecule has 25 heavy (non-hydrogen) atoms. The summed E-state index contributed by atoms with van der Waals surface area (Å²) in [5.41, 5.74) is 6.21. The first-order valence-electron chi connectivity index (χ1n) is 6.99. The van der Waals surface area contributed by atoms with Crippen LogP contribution in [0.1, 0.15) is 38.1 Å². The van der Waals surface area contributed by atoms with Gasteiger partial charge in [0.1, 0.15) is 22.6 Å². The van der Waals surface area contributed by atoms with E-state index < -0.39 is 11.9 Å². The van der Waals surface area contributed by atoms with Gasteiger partial charge in [-0.2, -0.15) is 5.26 Å². The molecular formula is C16H12Cl2N2O4S. The summed E-state index contributed by atoms with van der Waals surface area (Å²) in [6.45, 7) is 1.51. The molecular weight excluding hydrogens is 387 g/mol. The summed E-state index contributed by atoms with van der Waals surface area (Å²) in [4.78, 5) is 24.3. The Kier molecular flexibility index (Phi) is 6.26. The molecule has 0 saturated carbocycles. The lowest BCUT2D eigenvalue weighted by Gasteiger charge is -2.07. The lowest BCUT2D eigenvalue weighted by Crippen LogP contribution is -2.10. The minimum absolute atomic E-state index is 0.0879. The van der Waals surface area contributed by atoms with Gasteiger partial charge >= 0.3 is 11.9 Å². The Morgan fingerprint density at radius 3 is 2.40 bits per heavy atom. The van der Waals surface area contributed by atoms with Crippen LogP contribution in [0.2, 0.25) is 10.0 Å². The number of nitrogens with two attached hydrogens (primary N) is 1. The summed E-state index contributed by atoms with van der Waals surface area (Å²) < 4.78 is 10.1. The summed E-state index contributed by atoms with van der Waals surface area (Å²) in [6, 6.07) is 6.18. The molecule has 0 radical (unpaired) electrons. The molecule has 1 aromatic carbocycles. The Balaban J connectivity index is 2.26. The SMILES string of the molecule is CCOC(=O)c1sc(N)c(C#N)c1COC(=O)c1cc(Cl)cc(Cl)c1. The quantitative estimate of drug-likeness (QED) is 0.762. The smallest absolute Gasteiger partial charge is 0.348 e. The molecule has 0 aliphatic heterocycles. The maximum atomic E-state index is 12.2. The van der Waals surface area contributed by atoms with Gasteiger partial charge < -0.3 is 15.2 Å². The molecule has 6 nitrogen and oxygen atoms in total. The molecule has 2 N–H and O–H groups in total. The summed E-state index contributed by atoms with van der Waals surface area (Å²) in [5, 5.41) is 9.95. The van der Waals surface area contributed by atoms with Crippen molar-refractivity contribution in [3.63, 3.8) is 0 Å². The second kappa shape index (κ2) is 8.21. The van der Waals surface area contributed by atoms with E-state index in [9.17, 15) is 14.9 Å². The number of hydrogen-bond acceptors (Lipinski definition) is 7. The highest BCUT2D eigenvalue weighted by molar-refractivity contribution is 7.18. The van der Waals surface area contributed by atoms with Crippen molar-refractivity contribution >= 4 is 51.5 Å². The number of hydrogen-bond donors (Lipinski definition) is 1. The van der Waals surface area contributed by atoms with Crippen LogP contribution in [0.15, 0.2) is 18.2 Å². The number of thiophene rings is 1. The van der Waals surface area contributed by atoms with Crippen LogP contribution in [-0.2, 0) is 16.1 Å². The largest absolute Gasteiger partial charge is 0.462 e. The van der Waals surface area contributed by atoms with Crippen molar-refractivity contribution in [1.29, 1.82) is 5.26 Å². The van der Waals surface area contributed by atoms with E-state index in [1.165, 1.54) is 18.2 Å². The molecule has 0 amide bonds. The molecule has 0 saturated heterocycles. The zero-order valence-electron chi connectivity index (χ0n) is 13.0. The van der Waals surface area contributed by atoms with Gasteiger partial charge in [-0.1, -0.05) is 23.2 Å². The molecule has 0 aliphatic rings. The van der Waals surface area contributed by atoms with Crippen LogP contribution in [0.25, 0.3) is 0 Å². The van der Waals surface area contributed by atoms with Gasteiger partial charge in [0.15, 0.2) is 0 Å². The number of nitriles is 1. The second-order valence-corrected chi connectivity index (χ2v) is 6.64. The number of ether oxygens (including phenoxy) is 2. The Bertz CT molecular complexity index is 854. The number of carbonyl (C=O) groups excluding carboxylic acids is 2. The van der Waals surface area contributed by atoms with E-state index >= 15 is 0 Å². The van der Waals surface area contributed by atoms with E-state index in [2.05, 4.69) is 0 Å². The summed E-state index contributed by atoms with van der Waals surface area (Å²) in [6.07, 6.45) is 0. The molecule has 1 aromatic heterocycles. The second-order valence-electron chi connectivity index (χ2n) is 4.72. The van der Waals surface area contributed by atoms with Crippen molar-refractivity contribution in [2.75, 3.05) is 12.3 Å². The van der Waals surface area contributed by atoms with E-state index in [0.29, 0.717) is 0 Å². The van der Waals surface area contributed by atoms with Crippen molar-refractivity contribution in [2.24, 2.45) is 0 Å². The number of rotatable bonds is 5. The average Bonchev–Trinajstić information content (AvgIpc) is 2.87. The number of benzene rings is 1. The minimum Gasteiger partial charge on any atom is -0.462 e. The summed E-state index contributed by atoms with van der Waals surface area (Å²) in [5.74, 6) is -1.33. The fourth-order valence-electron chi connectivity index (χ4n) is 2.00. The van der Waals surface area contributed by atoms with Crippen LogP contribution in [-0.4, -0.2) is 18.5 Å². The molecule has 2 aromatic rings. The van der Waals surface area contributed by atoms with E-state index in [-0.39, 0.29) is 49.8 Å². The van der Waals surface area contributed by atoms with Crippen molar-refractivity contribution in [3.05, 3.63) is 49.8 Å². The van der Waals surface area contributed by atoms with Gasteiger partial charge in [-0.3, -0.25) is 0 Å². The van der Waals surface area contributed by atoms with Gasteiger partial charge in [0.25, 0.3) is 0 Å². The number of anilines is 1. The number of nitrogen functional groups attached to an aromatic ring is 1. The molecule has 0 atom stereocenters. The third-order valence-electron chi connectivity index (χ3n) is 3.05. The fourth-order valence-corrected chi connectivity index (χ4v) is 3.44. The highest BCUT2D eigenvalue weighted by Crippen LogP contribution is 2.32. The molecule has 0 spiro atoms. The molecule has 2 rings (SSSR count). The molecule has 9 heteroatoms. The maximum Gasteiger partial charge on any atom is 0.348 e. The van der Waals surface area contributed by atoms with Crippen LogP contribution in [0, 0.1) is 11.3 Å². The number of carbonyl (C=O) groups is 2. The highest BCUT2D eigenvalue weighted by Gasteiger charge is 2.24. The van der Waals surface area contributed by atoms with Crippen molar-refractivity contribution in [3.8, 4) is 6.07 Å². The molecule has 1 heterocycles. The van der Waals surface area contributed by atoms with E-state index in [1.807, 2.05) is 6.07 Å². The third-order valence-corrected chi connectivity index (χ3v) is 4.53. The standard InChI is InChI=1S/C16H12Cl2N2O4S/c1-2-23-16(22)13-12(11(6-19)14(20)25-13)7-24-15(21)8-3-9(17)5-10(18)4-8/h3-5H,2,7,20H2,1H3. The van der Waals surface area contributed by atoms with E-state index in [0.717, 1.165) is 11.3 Å². The van der Waals surface area contributed by atoms with Crippen LogP contribution >= 0.6 is 34.5 Å². The van der Waals surface area contributed by atoms with Crippen molar-refractivity contribution < 1.29 is 19.1 Å². The van der Waals surface area contributed by atoms with Gasteiger partial charge in [0.2, 0.25) is 0 Å². The average molecular weight is 399 g/mol. The van der Waals surface area contributed by atoms with Crippen LogP contribution in [0.4, 0.5) is 5.00 Å². The highest BCUT2D eigenvalue weighted by atomic mass is 35.5. The number of nitrogens with zero attached hydrogens (tertiary/aromatic N) is 1. The maximum absolute atomic E-state index is 12.2. The first kappa shape index (κ1) is 19.1. The lowest BCUT2D eigenvalue weighted by molar-refractivity contribution is 0.0452. The molecule has 0 bridgehead atoms.